The zero-order valence-electron chi connectivity index (χ0n) is 15.4. The zero-order chi connectivity index (χ0) is 20.1. The Morgan fingerprint density at radius 3 is 2.68 bits per heavy atom. The number of benzene rings is 1. The van der Waals surface area contributed by atoms with E-state index in [1.54, 1.807) is 6.92 Å². The number of hydrogen-bond acceptors (Lipinski definition) is 7. The molecule has 0 saturated heterocycles. The molecule has 28 heavy (non-hydrogen) atoms. The summed E-state index contributed by atoms with van der Waals surface area (Å²) in [7, 11) is 0. The zero-order valence-corrected chi connectivity index (χ0v) is 16.3. The molecule has 148 valence electrons. The fourth-order valence-electron chi connectivity index (χ4n) is 3.08. The quantitative estimate of drug-likeness (QED) is 0.718. The molecule has 2 N–H and O–H groups in total. The van der Waals surface area contributed by atoms with Gasteiger partial charge in [0.05, 0.1) is 17.7 Å². The maximum absolute atomic E-state index is 12.4. The van der Waals surface area contributed by atoms with Crippen molar-refractivity contribution < 1.29 is 29.0 Å². The second-order valence-corrected chi connectivity index (χ2v) is 7.42. The van der Waals surface area contributed by atoms with Gasteiger partial charge in [0.15, 0.2) is 6.61 Å². The van der Waals surface area contributed by atoms with Gasteiger partial charge in [-0.15, -0.1) is 11.3 Å². The van der Waals surface area contributed by atoms with Gasteiger partial charge in [-0.05, 0) is 56.4 Å². The van der Waals surface area contributed by atoms with Gasteiger partial charge in [0.25, 0.3) is 5.91 Å². The van der Waals surface area contributed by atoms with Gasteiger partial charge >= 0.3 is 11.9 Å². The van der Waals surface area contributed by atoms with Crippen molar-refractivity contribution in [3.05, 3.63) is 45.8 Å². The number of carbonyl (C=O) groups is 3. The second kappa shape index (κ2) is 8.88. The molecular formula is C20H21NO6S. The lowest BCUT2D eigenvalue weighted by Gasteiger charge is -2.12. The number of esters is 2. The van der Waals surface area contributed by atoms with E-state index in [1.165, 1.54) is 35.6 Å². The fraction of sp³-hybridized carbons (Fsp3) is 0.350. The monoisotopic (exact) mass is 403 g/mol. The van der Waals surface area contributed by atoms with Crippen LogP contribution >= 0.6 is 11.3 Å². The number of thiophene rings is 1. The number of anilines is 1. The van der Waals surface area contributed by atoms with Crippen molar-refractivity contribution in [2.24, 2.45) is 0 Å². The highest BCUT2D eigenvalue weighted by Crippen LogP contribution is 2.38. The lowest BCUT2D eigenvalue weighted by atomic mass is 9.95. The highest BCUT2D eigenvalue weighted by atomic mass is 32.1. The van der Waals surface area contributed by atoms with E-state index in [2.05, 4.69) is 5.32 Å². The number of hydrogen-bond donors (Lipinski definition) is 2. The number of ether oxygens (including phenoxy) is 2. The van der Waals surface area contributed by atoms with Gasteiger partial charge in [-0.25, -0.2) is 9.59 Å². The van der Waals surface area contributed by atoms with Crippen LogP contribution in [0.1, 0.15) is 50.9 Å². The van der Waals surface area contributed by atoms with Gasteiger partial charge in [-0.3, -0.25) is 4.79 Å². The summed E-state index contributed by atoms with van der Waals surface area (Å²) in [6.45, 7) is 1.48. The van der Waals surface area contributed by atoms with E-state index in [1.807, 2.05) is 0 Å². The fourth-order valence-corrected chi connectivity index (χ4v) is 4.38. The predicted octanol–water partition coefficient (Wildman–Crippen LogP) is 3.30. The summed E-state index contributed by atoms with van der Waals surface area (Å²) >= 11 is 1.37. The molecule has 1 aliphatic rings. The topological polar surface area (TPSA) is 102 Å². The summed E-state index contributed by atoms with van der Waals surface area (Å²) in [4.78, 5) is 37.7. The highest BCUT2D eigenvalue weighted by molar-refractivity contribution is 7.17. The first-order valence-electron chi connectivity index (χ1n) is 9.07. The molecule has 1 aliphatic carbocycles. The summed E-state index contributed by atoms with van der Waals surface area (Å²) in [6, 6.07) is 5.67. The Hall–Kier alpha value is -2.87. The van der Waals surface area contributed by atoms with Crippen molar-refractivity contribution in [2.45, 2.75) is 32.6 Å². The SMILES string of the molecule is CCOC(=O)c1c(NC(=O)COC(=O)c2cccc(O)c2)sc2c1CCCC2. The minimum atomic E-state index is -0.720. The van der Waals surface area contributed by atoms with Gasteiger partial charge in [0.2, 0.25) is 0 Å². The van der Waals surface area contributed by atoms with E-state index in [9.17, 15) is 19.5 Å². The van der Waals surface area contributed by atoms with Crippen molar-refractivity contribution >= 4 is 34.2 Å². The van der Waals surface area contributed by atoms with Crippen LogP contribution in [0.2, 0.25) is 0 Å². The average Bonchev–Trinajstić information content (AvgIpc) is 3.04. The molecule has 0 radical (unpaired) electrons. The molecule has 1 aromatic carbocycles. The van der Waals surface area contributed by atoms with Crippen LogP contribution in [0, 0.1) is 0 Å². The van der Waals surface area contributed by atoms with Crippen LogP contribution in [-0.4, -0.2) is 36.2 Å². The normalized spacial score (nSPS) is 12.8. The third kappa shape index (κ3) is 4.51. The van der Waals surface area contributed by atoms with E-state index in [0.29, 0.717) is 10.6 Å². The van der Waals surface area contributed by atoms with E-state index in [-0.39, 0.29) is 17.9 Å². The van der Waals surface area contributed by atoms with E-state index in [4.69, 9.17) is 9.47 Å². The Labute approximate surface area is 166 Å². The van der Waals surface area contributed by atoms with Gasteiger partial charge in [-0.2, -0.15) is 0 Å². The first-order valence-corrected chi connectivity index (χ1v) is 9.89. The third-order valence-corrected chi connectivity index (χ3v) is 5.53. The maximum atomic E-state index is 12.4. The largest absolute Gasteiger partial charge is 0.508 e. The van der Waals surface area contributed by atoms with Crippen molar-refractivity contribution in [3.63, 3.8) is 0 Å². The van der Waals surface area contributed by atoms with Crippen LogP contribution in [0.15, 0.2) is 24.3 Å². The lowest BCUT2D eigenvalue weighted by molar-refractivity contribution is -0.119. The minimum absolute atomic E-state index is 0.0675. The standard InChI is InChI=1S/C20H21NO6S/c1-2-26-20(25)17-14-8-3-4-9-15(14)28-18(17)21-16(23)11-27-19(24)12-6-5-7-13(22)10-12/h5-7,10,22H,2-4,8-9,11H2,1H3,(H,21,23). The smallest absolute Gasteiger partial charge is 0.341 e. The number of nitrogens with one attached hydrogen (secondary N) is 1. The minimum Gasteiger partial charge on any atom is -0.508 e. The maximum Gasteiger partial charge on any atom is 0.341 e. The summed E-state index contributed by atoms with van der Waals surface area (Å²) in [5.41, 5.74) is 1.50. The molecule has 1 aromatic heterocycles. The summed E-state index contributed by atoms with van der Waals surface area (Å²) in [5.74, 6) is -1.78. The van der Waals surface area contributed by atoms with Crippen LogP contribution < -0.4 is 5.32 Å². The van der Waals surface area contributed by atoms with Gasteiger partial charge in [-0.1, -0.05) is 6.07 Å². The molecule has 3 rings (SSSR count). The summed E-state index contributed by atoms with van der Waals surface area (Å²) in [5, 5.41) is 12.5. The summed E-state index contributed by atoms with van der Waals surface area (Å²) < 4.78 is 10.1. The first kappa shape index (κ1) is 19.9. The Morgan fingerprint density at radius 1 is 1.14 bits per heavy atom. The Morgan fingerprint density at radius 2 is 1.93 bits per heavy atom. The molecule has 2 aromatic rings. The van der Waals surface area contributed by atoms with Crippen molar-refractivity contribution in [1.29, 1.82) is 0 Å². The number of amides is 1. The molecular weight excluding hydrogens is 382 g/mol. The molecule has 0 spiro atoms. The van der Waals surface area contributed by atoms with Crippen molar-refractivity contribution in [1.82, 2.24) is 0 Å². The molecule has 0 saturated carbocycles. The molecule has 1 heterocycles. The Bertz CT molecular complexity index is 904. The van der Waals surface area contributed by atoms with Crippen LogP contribution in [0.3, 0.4) is 0 Å². The number of fused-ring (bicyclic) bond motifs is 1. The molecule has 1 amide bonds. The van der Waals surface area contributed by atoms with Gasteiger partial charge < -0.3 is 19.9 Å². The highest BCUT2D eigenvalue weighted by Gasteiger charge is 2.27. The molecule has 0 bridgehead atoms. The van der Waals surface area contributed by atoms with E-state index in [0.717, 1.165) is 36.1 Å². The molecule has 0 unspecified atom stereocenters. The summed E-state index contributed by atoms with van der Waals surface area (Å²) in [6.07, 6.45) is 3.69. The van der Waals surface area contributed by atoms with Crippen LogP contribution in [-0.2, 0) is 27.1 Å². The molecule has 0 aliphatic heterocycles. The van der Waals surface area contributed by atoms with Crippen molar-refractivity contribution in [3.8, 4) is 5.75 Å². The third-order valence-electron chi connectivity index (χ3n) is 4.32. The molecule has 0 atom stereocenters. The van der Waals surface area contributed by atoms with Gasteiger partial charge in [0.1, 0.15) is 10.8 Å². The predicted molar refractivity (Wildman–Crippen MR) is 104 cm³/mol. The number of aromatic hydroxyl groups is 1. The van der Waals surface area contributed by atoms with E-state index >= 15 is 0 Å². The molecule has 0 fully saturated rings. The van der Waals surface area contributed by atoms with Gasteiger partial charge in [0, 0.05) is 4.88 Å². The second-order valence-electron chi connectivity index (χ2n) is 6.31. The number of rotatable bonds is 6. The van der Waals surface area contributed by atoms with Crippen LogP contribution in [0.25, 0.3) is 0 Å². The van der Waals surface area contributed by atoms with Crippen LogP contribution in [0.4, 0.5) is 5.00 Å². The number of phenols is 1. The molecule has 8 heteroatoms. The average molecular weight is 403 g/mol. The number of phenolic OH excluding ortho intramolecular Hbond substituents is 1. The first-order chi connectivity index (χ1) is 13.5. The van der Waals surface area contributed by atoms with E-state index < -0.39 is 24.5 Å². The van der Waals surface area contributed by atoms with Crippen LogP contribution in [0.5, 0.6) is 5.75 Å². The molecule has 7 nitrogen and oxygen atoms in total. The Balaban J connectivity index is 1.69. The number of aryl methyl sites for hydroxylation is 1. The lowest BCUT2D eigenvalue weighted by Crippen LogP contribution is -2.22. The van der Waals surface area contributed by atoms with Crippen molar-refractivity contribution in [2.75, 3.05) is 18.5 Å². The number of carbonyl (C=O) groups excluding carboxylic acids is 3. The Kier molecular flexibility index (Phi) is 6.30.